The number of rotatable bonds is 5. The van der Waals surface area contributed by atoms with E-state index in [9.17, 15) is 4.79 Å². The van der Waals surface area contributed by atoms with Crippen molar-refractivity contribution >= 4 is 17.3 Å². The van der Waals surface area contributed by atoms with Crippen molar-refractivity contribution in [2.75, 3.05) is 24.8 Å². The van der Waals surface area contributed by atoms with Gasteiger partial charge in [0.05, 0.1) is 25.1 Å². The van der Waals surface area contributed by atoms with Crippen LogP contribution in [0.15, 0.2) is 42.5 Å². The number of carbonyl (C=O) groups is 1. The van der Waals surface area contributed by atoms with Crippen LogP contribution in [0.4, 0.5) is 11.4 Å². The lowest BCUT2D eigenvalue weighted by molar-refractivity contribution is 0.102. The molecule has 5 nitrogen and oxygen atoms in total. The second-order valence-electron chi connectivity index (χ2n) is 4.36. The first-order valence-corrected chi connectivity index (χ1v) is 6.61. The van der Waals surface area contributed by atoms with Crippen LogP contribution in [-0.2, 0) is 0 Å². The van der Waals surface area contributed by atoms with Crippen LogP contribution in [0, 0.1) is 0 Å². The van der Waals surface area contributed by atoms with Gasteiger partial charge in [-0.1, -0.05) is 0 Å². The molecule has 0 saturated carbocycles. The Morgan fingerprint density at radius 1 is 1.14 bits per heavy atom. The number of hydrogen-bond donors (Lipinski definition) is 2. The minimum atomic E-state index is -0.228. The minimum Gasteiger partial charge on any atom is -0.497 e. The zero-order valence-electron chi connectivity index (χ0n) is 12.1. The van der Waals surface area contributed by atoms with Gasteiger partial charge in [-0.25, -0.2) is 0 Å². The Morgan fingerprint density at radius 3 is 2.38 bits per heavy atom. The molecule has 0 radical (unpaired) electrons. The van der Waals surface area contributed by atoms with Gasteiger partial charge in [-0.05, 0) is 43.3 Å². The van der Waals surface area contributed by atoms with Crippen LogP contribution in [0.3, 0.4) is 0 Å². The molecule has 0 heterocycles. The zero-order valence-corrected chi connectivity index (χ0v) is 12.1. The maximum absolute atomic E-state index is 12.1. The van der Waals surface area contributed by atoms with E-state index in [1.807, 2.05) is 6.92 Å². The lowest BCUT2D eigenvalue weighted by Crippen LogP contribution is -2.13. The summed E-state index contributed by atoms with van der Waals surface area (Å²) in [5.74, 6) is 1.15. The Morgan fingerprint density at radius 2 is 1.81 bits per heavy atom. The normalized spacial score (nSPS) is 10.0. The molecule has 2 aromatic carbocycles. The predicted octanol–water partition coefficient (Wildman–Crippen LogP) is 2.93. The largest absolute Gasteiger partial charge is 0.497 e. The molecule has 1 amide bonds. The van der Waals surface area contributed by atoms with Crippen LogP contribution in [0.25, 0.3) is 0 Å². The highest BCUT2D eigenvalue weighted by molar-refractivity contribution is 6.05. The molecule has 0 aromatic heterocycles. The summed E-state index contributed by atoms with van der Waals surface area (Å²) in [7, 11) is 1.58. The molecule has 0 atom stereocenters. The number of amides is 1. The number of nitrogen functional groups attached to an aromatic ring is 1. The van der Waals surface area contributed by atoms with Gasteiger partial charge in [0.15, 0.2) is 0 Å². The maximum atomic E-state index is 12.1. The van der Waals surface area contributed by atoms with Gasteiger partial charge >= 0.3 is 0 Å². The first kappa shape index (κ1) is 14.7. The summed E-state index contributed by atoms with van der Waals surface area (Å²) in [6.07, 6.45) is 0. The van der Waals surface area contributed by atoms with Crippen molar-refractivity contribution in [3.63, 3.8) is 0 Å². The summed E-state index contributed by atoms with van der Waals surface area (Å²) in [6.45, 7) is 2.46. The molecule has 2 rings (SSSR count). The summed E-state index contributed by atoms with van der Waals surface area (Å²) < 4.78 is 10.4. The summed E-state index contributed by atoms with van der Waals surface area (Å²) in [6, 6.07) is 12.0. The van der Waals surface area contributed by atoms with E-state index in [-0.39, 0.29) is 5.91 Å². The van der Waals surface area contributed by atoms with Crippen molar-refractivity contribution in [1.82, 2.24) is 0 Å². The lowest BCUT2D eigenvalue weighted by atomic mass is 10.2. The second kappa shape index (κ2) is 6.65. The number of methoxy groups -OCH3 is 1. The number of benzene rings is 2. The van der Waals surface area contributed by atoms with Gasteiger partial charge in [0.1, 0.15) is 11.5 Å². The smallest absolute Gasteiger partial charge is 0.255 e. The van der Waals surface area contributed by atoms with Crippen LogP contribution in [-0.4, -0.2) is 19.6 Å². The molecule has 2 aromatic rings. The van der Waals surface area contributed by atoms with Crippen molar-refractivity contribution in [3.05, 3.63) is 48.0 Å². The Kier molecular flexibility index (Phi) is 4.66. The lowest BCUT2D eigenvalue weighted by Gasteiger charge is -2.10. The molecule has 0 fully saturated rings. The fourth-order valence-electron chi connectivity index (χ4n) is 1.85. The summed E-state index contributed by atoms with van der Waals surface area (Å²) in [5.41, 5.74) is 7.46. The number of nitrogens with one attached hydrogen (secondary N) is 1. The molecule has 0 aliphatic rings. The Labute approximate surface area is 123 Å². The highest BCUT2D eigenvalue weighted by Crippen LogP contribution is 2.25. The fourth-order valence-corrected chi connectivity index (χ4v) is 1.85. The van der Waals surface area contributed by atoms with E-state index in [2.05, 4.69) is 5.32 Å². The van der Waals surface area contributed by atoms with Crippen LogP contribution < -0.4 is 20.5 Å². The molecule has 0 saturated heterocycles. The Bertz CT molecular complexity index is 624. The summed E-state index contributed by atoms with van der Waals surface area (Å²) in [5, 5.41) is 2.77. The number of carbonyl (C=O) groups excluding carboxylic acids is 1. The zero-order chi connectivity index (χ0) is 15.2. The van der Waals surface area contributed by atoms with Crippen molar-refractivity contribution in [1.29, 1.82) is 0 Å². The molecule has 0 aliphatic heterocycles. The molecule has 110 valence electrons. The van der Waals surface area contributed by atoms with Gasteiger partial charge in [-0.3, -0.25) is 4.79 Å². The maximum Gasteiger partial charge on any atom is 0.255 e. The molecule has 0 spiro atoms. The van der Waals surface area contributed by atoms with E-state index in [1.165, 1.54) is 0 Å². The van der Waals surface area contributed by atoms with Gasteiger partial charge in [-0.15, -0.1) is 0 Å². The quantitative estimate of drug-likeness (QED) is 0.829. The third-order valence-electron chi connectivity index (χ3n) is 2.93. The van der Waals surface area contributed by atoms with Crippen molar-refractivity contribution in [3.8, 4) is 11.5 Å². The number of hydrogen-bond acceptors (Lipinski definition) is 4. The van der Waals surface area contributed by atoms with E-state index < -0.39 is 0 Å². The third-order valence-corrected chi connectivity index (χ3v) is 2.93. The van der Waals surface area contributed by atoms with E-state index in [0.29, 0.717) is 35.0 Å². The topological polar surface area (TPSA) is 73.6 Å². The summed E-state index contributed by atoms with van der Waals surface area (Å²) in [4.78, 5) is 12.1. The predicted molar refractivity (Wildman–Crippen MR) is 83.0 cm³/mol. The highest BCUT2D eigenvalue weighted by Gasteiger charge is 2.09. The van der Waals surface area contributed by atoms with Crippen molar-refractivity contribution in [2.24, 2.45) is 0 Å². The number of ether oxygens (including phenoxy) is 2. The first-order chi connectivity index (χ1) is 10.1. The number of nitrogens with two attached hydrogens (primary N) is 1. The molecular weight excluding hydrogens is 268 g/mol. The molecule has 0 bridgehead atoms. The van der Waals surface area contributed by atoms with Crippen LogP contribution in [0.5, 0.6) is 11.5 Å². The molecule has 5 heteroatoms. The summed E-state index contributed by atoms with van der Waals surface area (Å²) >= 11 is 0. The molecule has 3 N–H and O–H groups in total. The molecule has 0 unspecified atom stereocenters. The average molecular weight is 286 g/mol. The standard InChI is InChI=1S/C16H18N2O3/c1-3-21-13-8-9-15(14(17)10-13)18-16(19)11-4-6-12(20-2)7-5-11/h4-10H,3,17H2,1-2H3,(H,18,19). The monoisotopic (exact) mass is 286 g/mol. The molecule has 21 heavy (non-hydrogen) atoms. The minimum absolute atomic E-state index is 0.228. The van der Waals surface area contributed by atoms with E-state index in [0.717, 1.165) is 0 Å². The van der Waals surface area contributed by atoms with Gasteiger partial charge in [0.25, 0.3) is 5.91 Å². The highest BCUT2D eigenvalue weighted by atomic mass is 16.5. The Balaban J connectivity index is 2.11. The van der Waals surface area contributed by atoms with Crippen LogP contribution in [0.1, 0.15) is 17.3 Å². The van der Waals surface area contributed by atoms with E-state index in [1.54, 1.807) is 49.6 Å². The first-order valence-electron chi connectivity index (χ1n) is 6.61. The van der Waals surface area contributed by atoms with Crippen LogP contribution >= 0.6 is 0 Å². The van der Waals surface area contributed by atoms with E-state index >= 15 is 0 Å². The molecular formula is C16H18N2O3. The second-order valence-corrected chi connectivity index (χ2v) is 4.36. The molecule has 0 aliphatic carbocycles. The van der Waals surface area contributed by atoms with Gasteiger partial charge in [-0.2, -0.15) is 0 Å². The van der Waals surface area contributed by atoms with E-state index in [4.69, 9.17) is 15.2 Å². The van der Waals surface area contributed by atoms with Crippen LogP contribution in [0.2, 0.25) is 0 Å². The fraction of sp³-hybridized carbons (Fsp3) is 0.188. The van der Waals surface area contributed by atoms with Gasteiger partial charge in [0, 0.05) is 11.6 Å². The SMILES string of the molecule is CCOc1ccc(NC(=O)c2ccc(OC)cc2)c(N)c1. The van der Waals surface area contributed by atoms with Gasteiger partial charge in [0.2, 0.25) is 0 Å². The van der Waals surface area contributed by atoms with Crippen molar-refractivity contribution < 1.29 is 14.3 Å². The Hall–Kier alpha value is -2.69. The third kappa shape index (κ3) is 3.66. The van der Waals surface area contributed by atoms with Gasteiger partial charge < -0.3 is 20.5 Å². The van der Waals surface area contributed by atoms with Crippen molar-refractivity contribution in [2.45, 2.75) is 6.92 Å². The average Bonchev–Trinajstić information content (AvgIpc) is 2.50. The number of anilines is 2.